The third-order valence-electron chi connectivity index (χ3n) is 6.70. The number of amides is 2. The Kier molecular flexibility index (Phi) is 6.91. The molecule has 2 aromatic carbocycles. The third-order valence-corrected chi connectivity index (χ3v) is 6.70. The van der Waals surface area contributed by atoms with Gasteiger partial charge in [-0.25, -0.2) is 4.39 Å². The van der Waals surface area contributed by atoms with Gasteiger partial charge in [-0.3, -0.25) is 14.4 Å². The molecular formula is C27H30FN3O4. The van der Waals surface area contributed by atoms with E-state index < -0.39 is 11.7 Å². The van der Waals surface area contributed by atoms with Gasteiger partial charge in [-0.2, -0.15) is 0 Å². The van der Waals surface area contributed by atoms with E-state index in [1.165, 1.54) is 38.2 Å². The molecule has 0 spiro atoms. The van der Waals surface area contributed by atoms with Gasteiger partial charge in [-0.05, 0) is 55.9 Å². The van der Waals surface area contributed by atoms with Crippen LogP contribution in [-0.2, 0) is 11.2 Å². The highest BCUT2D eigenvalue weighted by Crippen LogP contribution is 2.32. The number of fused-ring (bicyclic) bond motifs is 1. The van der Waals surface area contributed by atoms with Crippen molar-refractivity contribution in [2.24, 2.45) is 5.92 Å². The van der Waals surface area contributed by atoms with E-state index in [0.717, 1.165) is 24.8 Å². The number of likely N-dealkylation sites (tertiary alicyclic amines) is 1. The van der Waals surface area contributed by atoms with Crippen LogP contribution in [0, 0.1) is 18.7 Å². The van der Waals surface area contributed by atoms with Gasteiger partial charge in [0, 0.05) is 44.3 Å². The minimum atomic E-state index is -0.624. The van der Waals surface area contributed by atoms with Crippen molar-refractivity contribution in [2.45, 2.75) is 26.2 Å². The zero-order valence-electron chi connectivity index (χ0n) is 20.5. The number of H-pyrrole nitrogens is 1. The van der Waals surface area contributed by atoms with Gasteiger partial charge in [0.1, 0.15) is 11.6 Å². The number of rotatable bonds is 6. The molecule has 0 atom stereocenters. The number of likely N-dealkylation sites (N-methyl/N-ethyl adjacent to an activating group) is 1. The summed E-state index contributed by atoms with van der Waals surface area (Å²) in [5.74, 6) is -0.823. The molecule has 0 saturated carbocycles. The first kappa shape index (κ1) is 24.4. The maximum absolute atomic E-state index is 13.5. The maximum atomic E-state index is 13.5. The summed E-state index contributed by atoms with van der Waals surface area (Å²) < 4.78 is 18.7. The van der Waals surface area contributed by atoms with Crippen molar-refractivity contribution in [2.75, 3.05) is 34.3 Å². The van der Waals surface area contributed by atoms with Crippen molar-refractivity contribution in [1.29, 1.82) is 0 Å². The number of halogens is 1. The second kappa shape index (κ2) is 9.90. The number of aromatic nitrogens is 1. The van der Waals surface area contributed by atoms with Crippen molar-refractivity contribution in [1.82, 2.24) is 14.8 Å². The van der Waals surface area contributed by atoms with Crippen LogP contribution in [0.1, 0.15) is 44.8 Å². The lowest BCUT2D eigenvalue weighted by Gasteiger charge is -2.32. The van der Waals surface area contributed by atoms with E-state index in [0.29, 0.717) is 46.9 Å². The number of ketones is 1. The van der Waals surface area contributed by atoms with E-state index in [-0.39, 0.29) is 17.3 Å². The zero-order chi connectivity index (χ0) is 25.3. The lowest BCUT2D eigenvalue weighted by Crippen LogP contribution is -2.39. The number of aryl methyl sites for hydroxylation is 1. The topological polar surface area (TPSA) is 82.7 Å². The number of hydrogen-bond acceptors (Lipinski definition) is 4. The molecule has 0 bridgehead atoms. The van der Waals surface area contributed by atoms with Crippen molar-refractivity contribution in [3.63, 3.8) is 0 Å². The molecule has 1 aliphatic rings. The number of piperidine rings is 1. The Morgan fingerprint density at radius 3 is 2.37 bits per heavy atom. The number of hydrogen-bond donors (Lipinski definition) is 1. The molecule has 8 heteroatoms. The summed E-state index contributed by atoms with van der Waals surface area (Å²) in [5.41, 5.74) is 2.92. The van der Waals surface area contributed by atoms with Crippen LogP contribution in [0.15, 0.2) is 36.4 Å². The summed E-state index contributed by atoms with van der Waals surface area (Å²) >= 11 is 0. The average molecular weight is 480 g/mol. The largest absolute Gasteiger partial charge is 0.496 e. The van der Waals surface area contributed by atoms with Gasteiger partial charge in [0.2, 0.25) is 0 Å². The van der Waals surface area contributed by atoms with Crippen LogP contribution < -0.4 is 4.74 Å². The van der Waals surface area contributed by atoms with Crippen molar-refractivity contribution in [3.8, 4) is 5.75 Å². The first-order valence-corrected chi connectivity index (χ1v) is 11.7. The van der Waals surface area contributed by atoms with Gasteiger partial charge in [0.15, 0.2) is 0 Å². The van der Waals surface area contributed by atoms with Crippen molar-refractivity contribution in [3.05, 3.63) is 64.6 Å². The number of nitrogens with zero attached hydrogens (tertiary/aromatic N) is 2. The van der Waals surface area contributed by atoms with Crippen LogP contribution in [0.3, 0.4) is 0 Å². The minimum absolute atomic E-state index is 0.167. The predicted octanol–water partition coefficient (Wildman–Crippen LogP) is 3.99. The Labute approximate surface area is 203 Å². The van der Waals surface area contributed by atoms with Gasteiger partial charge < -0.3 is 19.5 Å². The highest BCUT2D eigenvalue weighted by atomic mass is 19.1. The van der Waals surface area contributed by atoms with E-state index in [1.54, 1.807) is 24.0 Å². The van der Waals surface area contributed by atoms with Gasteiger partial charge in [-0.15, -0.1) is 0 Å². The highest BCUT2D eigenvalue weighted by molar-refractivity contribution is 6.45. The summed E-state index contributed by atoms with van der Waals surface area (Å²) in [6, 6.07) is 9.93. The Morgan fingerprint density at radius 1 is 1.11 bits per heavy atom. The third kappa shape index (κ3) is 4.92. The lowest BCUT2D eigenvalue weighted by atomic mass is 9.90. The van der Waals surface area contributed by atoms with E-state index in [1.807, 2.05) is 12.1 Å². The number of carbonyl (C=O) groups excluding carboxylic acids is 3. The van der Waals surface area contributed by atoms with Crippen LogP contribution in [0.25, 0.3) is 10.9 Å². The van der Waals surface area contributed by atoms with Gasteiger partial charge in [0.05, 0.1) is 23.8 Å². The number of nitrogens with one attached hydrogen (secondary N) is 1. The SMILES string of the molecule is COc1cc2[nH]c(C)c(C(=O)C(=O)N(C)C)c2cc1C(=O)N1CCC(Cc2ccc(F)cc2)CC1. The fourth-order valence-corrected chi connectivity index (χ4v) is 4.76. The molecule has 2 amide bonds. The zero-order valence-corrected chi connectivity index (χ0v) is 20.5. The summed E-state index contributed by atoms with van der Waals surface area (Å²) in [7, 11) is 4.56. The molecule has 0 radical (unpaired) electrons. The summed E-state index contributed by atoms with van der Waals surface area (Å²) in [6.07, 6.45) is 2.54. The summed E-state index contributed by atoms with van der Waals surface area (Å²) in [5, 5.41) is 0.526. The van der Waals surface area contributed by atoms with E-state index in [2.05, 4.69) is 4.98 Å². The van der Waals surface area contributed by atoms with Crippen LogP contribution in [0.4, 0.5) is 4.39 Å². The normalized spacial score (nSPS) is 14.3. The van der Waals surface area contributed by atoms with Crippen molar-refractivity contribution < 1.29 is 23.5 Å². The molecule has 2 heterocycles. The molecule has 1 fully saturated rings. The molecule has 1 N–H and O–H groups in total. The molecule has 3 aromatic rings. The van der Waals surface area contributed by atoms with Gasteiger partial charge in [0.25, 0.3) is 17.6 Å². The molecule has 7 nitrogen and oxygen atoms in total. The molecule has 0 aliphatic carbocycles. The number of carbonyl (C=O) groups is 3. The smallest absolute Gasteiger partial charge is 0.294 e. The van der Waals surface area contributed by atoms with Gasteiger partial charge >= 0.3 is 0 Å². The standard InChI is InChI=1S/C27H30FN3O4/c1-16-24(25(32)27(34)30(2)3)20-14-21(23(35-4)15-22(20)29-16)26(33)31-11-9-18(10-12-31)13-17-5-7-19(28)8-6-17/h5-8,14-15,18,29H,9-13H2,1-4H3. The number of ether oxygens (including phenoxy) is 1. The van der Waals surface area contributed by atoms with Crippen LogP contribution in [-0.4, -0.2) is 66.7 Å². The molecular weight excluding hydrogens is 449 g/mol. The maximum Gasteiger partial charge on any atom is 0.294 e. The Balaban J connectivity index is 1.56. The molecule has 184 valence electrons. The molecule has 0 unspecified atom stereocenters. The minimum Gasteiger partial charge on any atom is -0.496 e. The second-order valence-corrected chi connectivity index (χ2v) is 9.32. The van der Waals surface area contributed by atoms with E-state index in [4.69, 9.17) is 4.74 Å². The van der Waals surface area contributed by atoms with E-state index in [9.17, 15) is 18.8 Å². The van der Waals surface area contributed by atoms with Crippen LogP contribution >= 0.6 is 0 Å². The monoisotopic (exact) mass is 479 g/mol. The summed E-state index contributed by atoms with van der Waals surface area (Å²) in [4.78, 5) is 44.9. The molecule has 4 rings (SSSR count). The number of Topliss-reactive ketones (excluding diaryl/α,β-unsaturated/α-hetero) is 1. The quantitative estimate of drug-likeness (QED) is 0.428. The van der Waals surface area contributed by atoms with E-state index >= 15 is 0 Å². The van der Waals surface area contributed by atoms with Crippen LogP contribution in [0.2, 0.25) is 0 Å². The highest BCUT2D eigenvalue weighted by Gasteiger charge is 2.29. The molecule has 1 aromatic heterocycles. The average Bonchev–Trinajstić information content (AvgIpc) is 3.18. The summed E-state index contributed by atoms with van der Waals surface area (Å²) in [6.45, 7) is 2.93. The van der Waals surface area contributed by atoms with Gasteiger partial charge in [-0.1, -0.05) is 12.1 Å². The fourth-order valence-electron chi connectivity index (χ4n) is 4.76. The van der Waals surface area contributed by atoms with Crippen molar-refractivity contribution >= 4 is 28.5 Å². The number of aromatic amines is 1. The Morgan fingerprint density at radius 2 is 1.77 bits per heavy atom. The molecule has 1 saturated heterocycles. The lowest BCUT2D eigenvalue weighted by molar-refractivity contribution is -0.124. The molecule has 35 heavy (non-hydrogen) atoms. The number of benzene rings is 2. The second-order valence-electron chi connectivity index (χ2n) is 9.32. The Hall–Kier alpha value is -3.68. The Bertz CT molecular complexity index is 1270. The fraction of sp³-hybridized carbons (Fsp3) is 0.370. The number of methoxy groups -OCH3 is 1. The predicted molar refractivity (Wildman–Crippen MR) is 131 cm³/mol. The first-order chi connectivity index (χ1) is 16.7. The first-order valence-electron chi connectivity index (χ1n) is 11.7. The molecule has 1 aliphatic heterocycles. The van der Waals surface area contributed by atoms with Crippen LogP contribution in [0.5, 0.6) is 5.75 Å².